The van der Waals surface area contributed by atoms with Gasteiger partial charge in [0.15, 0.2) is 0 Å². The molecule has 0 aromatic heterocycles. The van der Waals surface area contributed by atoms with Crippen LogP contribution in [0.15, 0.2) is 0 Å². The molecule has 2 saturated carbocycles. The summed E-state index contributed by atoms with van der Waals surface area (Å²) in [5, 5.41) is 2.92. The number of carbonyl (C=O) groups excluding carboxylic acids is 2. The highest BCUT2D eigenvalue weighted by Crippen LogP contribution is 2.61. The van der Waals surface area contributed by atoms with E-state index < -0.39 is 0 Å². The molecule has 2 aliphatic carbocycles. The zero-order chi connectivity index (χ0) is 14.3. The van der Waals surface area contributed by atoms with Crippen molar-refractivity contribution in [3.05, 3.63) is 0 Å². The van der Waals surface area contributed by atoms with Crippen LogP contribution in [-0.4, -0.2) is 35.3 Å². The van der Waals surface area contributed by atoms with Crippen molar-refractivity contribution in [1.29, 1.82) is 0 Å². The fourth-order valence-electron chi connectivity index (χ4n) is 3.79. The number of hydrogen-bond acceptors (Lipinski definition) is 2. The highest BCUT2D eigenvalue weighted by atomic mass is 16.2. The third-order valence-electron chi connectivity index (χ3n) is 5.36. The Morgan fingerprint density at radius 3 is 2.45 bits per heavy atom. The first-order valence-electron chi connectivity index (χ1n) is 8.22. The van der Waals surface area contributed by atoms with Gasteiger partial charge in [0.1, 0.15) is 12.1 Å². The number of rotatable bonds is 6. The van der Waals surface area contributed by atoms with Gasteiger partial charge in [-0.15, -0.1) is 0 Å². The van der Waals surface area contributed by atoms with E-state index in [-0.39, 0.29) is 23.9 Å². The largest absolute Gasteiger partial charge is 0.343 e. The molecule has 1 saturated heterocycles. The van der Waals surface area contributed by atoms with E-state index in [4.69, 9.17) is 0 Å². The van der Waals surface area contributed by atoms with Gasteiger partial charge in [-0.05, 0) is 49.9 Å². The van der Waals surface area contributed by atoms with E-state index in [1.165, 1.54) is 25.7 Å². The molecule has 1 N–H and O–H groups in total. The maximum Gasteiger partial charge on any atom is 0.245 e. The third kappa shape index (κ3) is 2.33. The van der Waals surface area contributed by atoms with Crippen molar-refractivity contribution >= 4 is 11.8 Å². The Morgan fingerprint density at radius 2 is 1.95 bits per heavy atom. The van der Waals surface area contributed by atoms with Crippen LogP contribution >= 0.6 is 0 Å². The SMILES string of the molecule is CCCC1NC(=O)C(CC)N(CC2(C3CC3)CC2)C1=O. The molecule has 4 nitrogen and oxygen atoms in total. The molecule has 1 heterocycles. The molecule has 0 aromatic carbocycles. The van der Waals surface area contributed by atoms with Crippen LogP contribution in [0.1, 0.15) is 58.8 Å². The van der Waals surface area contributed by atoms with Gasteiger partial charge in [0.2, 0.25) is 11.8 Å². The Morgan fingerprint density at radius 1 is 1.25 bits per heavy atom. The summed E-state index contributed by atoms with van der Waals surface area (Å²) in [7, 11) is 0. The summed E-state index contributed by atoms with van der Waals surface area (Å²) < 4.78 is 0. The van der Waals surface area contributed by atoms with Gasteiger partial charge in [-0.2, -0.15) is 0 Å². The van der Waals surface area contributed by atoms with Crippen LogP contribution in [0.5, 0.6) is 0 Å². The monoisotopic (exact) mass is 278 g/mol. The Labute approximate surface area is 121 Å². The molecule has 0 spiro atoms. The first-order chi connectivity index (χ1) is 9.61. The summed E-state index contributed by atoms with van der Waals surface area (Å²) in [5.41, 5.74) is 0.372. The first-order valence-corrected chi connectivity index (χ1v) is 8.22. The van der Waals surface area contributed by atoms with Crippen LogP contribution in [0, 0.1) is 11.3 Å². The summed E-state index contributed by atoms with van der Waals surface area (Å²) in [6.07, 6.45) is 7.54. The van der Waals surface area contributed by atoms with E-state index in [0.717, 1.165) is 31.7 Å². The lowest BCUT2D eigenvalue weighted by Crippen LogP contribution is -2.64. The number of nitrogens with zero attached hydrogens (tertiary/aromatic N) is 1. The highest BCUT2D eigenvalue weighted by Gasteiger charge is 2.56. The lowest BCUT2D eigenvalue weighted by atomic mass is 9.95. The number of nitrogens with one attached hydrogen (secondary N) is 1. The minimum atomic E-state index is -0.287. The van der Waals surface area contributed by atoms with Crippen LogP contribution in [0.4, 0.5) is 0 Å². The molecule has 2 unspecified atom stereocenters. The second kappa shape index (κ2) is 5.05. The molecule has 2 amide bonds. The number of piperazine rings is 1. The van der Waals surface area contributed by atoms with Gasteiger partial charge < -0.3 is 10.2 Å². The summed E-state index contributed by atoms with van der Waals surface area (Å²) in [4.78, 5) is 26.9. The second-order valence-corrected chi connectivity index (χ2v) is 6.88. The normalized spacial score (nSPS) is 32.2. The van der Waals surface area contributed by atoms with Crippen molar-refractivity contribution < 1.29 is 9.59 Å². The molecule has 20 heavy (non-hydrogen) atoms. The van der Waals surface area contributed by atoms with E-state index >= 15 is 0 Å². The van der Waals surface area contributed by atoms with Crippen molar-refractivity contribution in [2.45, 2.75) is 70.9 Å². The molecule has 1 aliphatic heterocycles. The van der Waals surface area contributed by atoms with E-state index in [2.05, 4.69) is 12.2 Å². The van der Waals surface area contributed by atoms with Gasteiger partial charge in [0.05, 0.1) is 0 Å². The number of carbonyl (C=O) groups is 2. The van der Waals surface area contributed by atoms with E-state index in [1.807, 2.05) is 11.8 Å². The molecule has 112 valence electrons. The zero-order valence-electron chi connectivity index (χ0n) is 12.7. The Hall–Kier alpha value is -1.06. The molecule has 0 aromatic rings. The lowest BCUT2D eigenvalue weighted by Gasteiger charge is -2.40. The molecular formula is C16H26N2O2. The fourth-order valence-corrected chi connectivity index (χ4v) is 3.79. The van der Waals surface area contributed by atoms with Crippen LogP contribution < -0.4 is 5.32 Å². The second-order valence-electron chi connectivity index (χ2n) is 6.88. The average molecular weight is 278 g/mol. The molecule has 0 bridgehead atoms. The standard InChI is InChI=1S/C16H26N2O2/c1-3-5-12-15(20)18(13(4-2)14(19)17-12)10-16(8-9-16)11-6-7-11/h11-13H,3-10H2,1-2H3,(H,17,19). The molecule has 3 fully saturated rings. The van der Waals surface area contributed by atoms with Gasteiger partial charge in [-0.1, -0.05) is 20.3 Å². The Bertz CT molecular complexity index is 413. The molecular weight excluding hydrogens is 252 g/mol. The summed E-state index contributed by atoms with van der Waals surface area (Å²) in [6, 6.07) is -0.530. The molecule has 4 heteroatoms. The van der Waals surface area contributed by atoms with Crippen molar-refractivity contribution in [1.82, 2.24) is 10.2 Å². The summed E-state index contributed by atoms with van der Waals surface area (Å²) in [6.45, 7) is 4.88. The predicted molar refractivity (Wildman–Crippen MR) is 77.0 cm³/mol. The van der Waals surface area contributed by atoms with Crippen molar-refractivity contribution in [2.24, 2.45) is 11.3 Å². The quantitative estimate of drug-likeness (QED) is 0.808. The number of amides is 2. The summed E-state index contributed by atoms with van der Waals surface area (Å²) in [5.74, 6) is 1.03. The number of hydrogen-bond donors (Lipinski definition) is 1. The third-order valence-corrected chi connectivity index (χ3v) is 5.36. The van der Waals surface area contributed by atoms with Gasteiger partial charge in [0, 0.05) is 6.54 Å². The van der Waals surface area contributed by atoms with E-state index in [1.54, 1.807) is 0 Å². The van der Waals surface area contributed by atoms with Crippen LogP contribution in [0.25, 0.3) is 0 Å². The average Bonchev–Trinajstić information content (AvgIpc) is 3.27. The molecule has 3 aliphatic rings. The maximum absolute atomic E-state index is 12.7. The topological polar surface area (TPSA) is 49.4 Å². The van der Waals surface area contributed by atoms with Gasteiger partial charge in [-0.25, -0.2) is 0 Å². The summed E-state index contributed by atoms with van der Waals surface area (Å²) >= 11 is 0. The van der Waals surface area contributed by atoms with Crippen molar-refractivity contribution in [3.63, 3.8) is 0 Å². The van der Waals surface area contributed by atoms with E-state index in [0.29, 0.717) is 5.41 Å². The minimum Gasteiger partial charge on any atom is -0.343 e. The zero-order valence-corrected chi connectivity index (χ0v) is 12.7. The van der Waals surface area contributed by atoms with Gasteiger partial charge >= 0.3 is 0 Å². The van der Waals surface area contributed by atoms with Crippen LogP contribution in [0.2, 0.25) is 0 Å². The van der Waals surface area contributed by atoms with Crippen molar-refractivity contribution in [2.75, 3.05) is 6.54 Å². The molecule has 3 rings (SSSR count). The Balaban J connectivity index is 1.76. The predicted octanol–water partition coefficient (Wildman–Crippen LogP) is 2.08. The fraction of sp³-hybridized carbons (Fsp3) is 0.875. The van der Waals surface area contributed by atoms with Crippen LogP contribution in [0.3, 0.4) is 0 Å². The van der Waals surface area contributed by atoms with Crippen molar-refractivity contribution in [3.8, 4) is 0 Å². The highest BCUT2D eigenvalue weighted by molar-refractivity contribution is 5.97. The molecule has 2 atom stereocenters. The Kier molecular flexibility index (Phi) is 3.51. The van der Waals surface area contributed by atoms with Gasteiger partial charge in [0.25, 0.3) is 0 Å². The lowest BCUT2D eigenvalue weighted by molar-refractivity contribution is -0.150. The van der Waals surface area contributed by atoms with Crippen LogP contribution in [-0.2, 0) is 9.59 Å². The smallest absolute Gasteiger partial charge is 0.245 e. The van der Waals surface area contributed by atoms with E-state index in [9.17, 15) is 9.59 Å². The maximum atomic E-state index is 12.7. The molecule has 0 radical (unpaired) electrons. The first kappa shape index (κ1) is 13.9. The van der Waals surface area contributed by atoms with Gasteiger partial charge in [-0.3, -0.25) is 9.59 Å². The minimum absolute atomic E-state index is 0.0529.